The van der Waals surface area contributed by atoms with Crippen molar-refractivity contribution in [2.24, 2.45) is 5.92 Å². The fourth-order valence-electron chi connectivity index (χ4n) is 3.24. The summed E-state index contributed by atoms with van der Waals surface area (Å²) < 4.78 is 10.4. The minimum Gasteiger partial charge on any atom is -0.497 e. The molecule has 0 aliphatic carbocycles. The van der Waals surface area contributed by atoms with Crippen molar-refractivity contribution in [2.75, 3.05) is 45.5 Å². The number of rotatable bonds is 6. The maximum absolute atomic E-state index is 12.4. The predicted molar refractivity (Wildman–Crippen MR) is 101 cm³/mol. The molecular weight excluding hydrogens is 354 g/mol. The maximum Gasteiger partial charge on any atom is 0.251 e. The van der Waals surface area contributed by atoms with Crippen molar-refractivity contribution in [1.29, 1.82) is 0 Å². The molecule has 2 amide bonds. The Bertz CT molecular complexity index is 642. The number of benzene rings is 1. The van der Waals surface area contributed by atoms with Crippen LogP contribution in [0.5, 0.6) is 11.5 Å². The summed E-state index contributed by atoms with van der Waals surface area (Å²) in [6.07, 6.45) is 0.752. The van der Waals surface area contributed by atoms with Gasteiger partial charge in [-0.2, -0.15) is 0 Å². The van der Waals surface area contributed by atoms with Crippen molar-refractivity contribution in [3.8, 4) is 11.5 Å². The Morgan fingerprint density at radius 3 is 2.62 bits per heavy atom. The number of nitrogens with one attached hydrogen (secondary N) is 2. The Morgan fingerprint density at radius 1 is 1.27 bits per heavy atom. The summed E-state index contributed by atoms with van der Waals surface area (Å²) in [6.45, 7) is 2.10. The van der Waals surface area contributed by atoms with E-state index in [0.29, 0.717) is 23.6 Å². The monoisotopic (exact) mass is 379 g/mol. The molecule has 2 fully saturated rings. The fraction of sp³-hybridized carbons (Fsp3) is 0.556. The molecule has 7 nitrogen and oxygen atoms in total. The molecule has 3 rings (SSSR count). The Morgan fingerprint density at radius 2 is 2.00 bits per heavy atom. The first kappa shape index (κ1) is 18.8. The number of methoxy groups -OCH3 is 2. The molecule has 2 aliphatic rings. The van der Waals surface area contributed by atoms with Gasteiger partial charge in [-0.1, -0.05) is 0 Å². The topological polar surface area (TPSA) is 79.9 Å². The van der Waals surface area contributed by atoms with Gasteiger partial charge in [-0.25, -0.2) is 0 Å². The second-order valence-electron chi connectivity index (χ2n) is 6.51. The highest BCUT2D eigenvalue weighted by atomic mass is 32.2. The Kier molecular flexibility index (Phi) is 6.26. The second kappa shape index (κ2) is 8.64. The van der Waals surface area contributed by atoms with Crippen LogP contribution in [0.25, 0.3) is 0 Å². The molecule has 0 radical (unpaired) electrons. The molecule has 2 atom stereocenters. The molecule has 0 bridgehead atoms. The van der Waals surface area contributed by atoms with Crippen LogP contribution in [0.1, 0.15) is 16.8 Å². The third kappa shape index (κ3) is 4.42. The molecule has 0 spiro atoms. The van der Waals surface area contributed by atoms with Gasteiger partial charge in [0.15, 0.2) is 0 Å². The largest absolute Gasteiger partial charge is 0.497 e. The number of ether oxygens (including phenoxy) is 2. The number of hydrogen-bond acceptors (Lipinski definition) is 6. The van der Waals surface area contributed by atoms with Crippen LogP contribution in [0.2, 0.25) is 0 Å². The van der Waals surface area contributed by atoms with Gasteiger partial charge < -0.3 is 25.0 Å². The van der Waals surface area contributed by atoms with Gasteiger partial charge in [0, 0.05) is 37.0 Å². The van der Waals surface area contributed by atoms with E-state index in [1.54, 1.807) is 44.2 Å². The van der Waals surface area contributed by atoms with E-state index in [1.807, 2.05) is 4.90 Å². The lowest BCUT2D eigenvalue weighted by atomic mass is 10.0. The molecule has 0 aromatic heterocycles. The van der Waals surface area contributed by atoms with Crippen LogP contribution in [0.15, 0.2) is 18.2 Å². The smallest absolute Gasteiger partial charge is 0.251 e. The van der Waals surface area contributed by atoms with Crippen molar-refractivity contribution >= 4 is 23.6 Å². The van der Waals surface area contributed by atoms with Crippen molar-refractivity contribution in [1.82, 2.24) is 15.5 Å². The first-order valence-corrected chi connectivity index (χ1v) is 9.87. The quantitative estimate of drug-likeness (QED) is 0.766. The molecular formula is C18H25N3O4S. The van der Waals surface area contributed by atoms with E-state index >= 15 is 0 Å². The Hall–Kier alpha value is -1.93. The summed E-state index contributed by atoms with van der Waals surface area (Å²) in [6, 6.07) is 4.96. The zero-order valence-electron chi connectivity index (χ0n) is 15.1. The van der Waals surface area contributed by atoms with Crippen LogP contribution in [-0.4, -0.2) is 68.2 Å². The van der Waals surface area contributed by atoms with Crippen LogP contribution in [-0.2, 0) is 4.79 Å². The molecule has 1 aromatic carbocycles. The minimum atomic E-state index is -0.173. The average molecular weight is 379 g/mol. The summed E-state index contributed by atoms with van der Waals surface area (Å²) >= 11 is 1.79. The maximum atomic E-state index is 12.4. The molecule has 142 valence electrons. The number of thioether (sulfide) groups is 1. The lowest BCUT2D eigenvalue weighted by Gasteiger charge is -2.19. The van der Waals surface area contributed by atoms with Gasteiger partial charge in [0.2, 0.25) is 5.91 Å². The Labute approximate surface area is 157 Å². The highest BCUT2D eigenvalue weighted by Gasteiger charge is 2.33. The summed E-state index contributed by atoms with van der Waals surface area (Å²) in [5.41, 5.74) is 0.494. The second-order valence-corrected chi connectivity index (χ2v) is 7.59. The van der Waals surface area contributed by atoms with E-state index in [4.69, 9.17) is 9.47 Å². The molecule has 0 saturated carbocycles. The number of nitrogens with zero attached hydrogens (tertiary/aromatic N) is 1. The summed E-state index contributed by atoms with van der Waals surface area (Å²) in [7, 11) is 3.10. The first-order chi connectivity index (χ1) is 12.6. The number of carbonyl (C=O) groups excluding carboxylic acids is 2. The van der Waals surface area contributed by atoms with Gasteiger partial charge in [-0.05, 0) is 24.5 Å². The summed E-state index contributed by atoms with van der Waals surface area (Å²) in [4.78, 5) is 26.8. The highest BCUT2D eigenvalue weighted by Crippen LogP contribution is 2.23. The molecule has 8 heteroatoms. The molecule has 2 saturated heterocycles. The highest BCUT2D eigenvalue weighted by molar-refractivity contribution is 7.99. The predicted octanol–water partition coefficient (Wildman–Crippen LogP) is 0.945. The van der Waals surface area contributed by atoms with Crippen molar-refractivity contribution < 1.29 is 19.1 Å². The van der Waals surface area contributed by atoms with Gasteiger partial charge >= 0.3 is 0 Å². The third-order valence-corrected chi connectivity index (χ3v) is 5.71. The molecule has 2 aliphatic heterocycles. The van der Waals surface area contributed by atoms with Crippen molar-refractivity contribution in [3.63, 3.8) is 0 Å². The lowest BCUT2D eigenvalue weighted by Crippen LogP contribution is -2.42. The van der Waals surface area contributed by atoms with Gasteiger partial charge in [-0.3, -0.25) is 9.59 Å². The average Bonchev–Trinajstić information content (AvgIpc) is 3.37. The summed E-state index contributed by atoms with van der Waals surface area (Å²) in [5.74, 6) is 3.21. The van der Waals surface area contributed by atoms with Crippen LogP contribution in [0.4, 0.5) is 0 Å². The zero-order valence-corrected chi connectivity index (χ0v) is 15.9. The summed E-state index contributed by atoms with van der Waals surface area (Å²) in [5, 5.41) is 6.25. The SMILES string of the molecule is COc1cc(OC)cc(C(=O)NC[C@@H]2CN[C@H](C(=O)N3CCSC3)C2)c1. The van der Waals surface area contributed by atoms with E-state index in [-0.39, 0.29) is 23.8 Å². The van der Waals surface area contributed by atoms with Crippen LogP contribution in [0, 0.1) is 5.92 Å². The van der Waals surface area contributed by atoms with E-state index in [2.05, 4.69) is 10.6 Å². The van der Waals surface area contributed by atoms with Crippen LogP contribution in [0.3, 0.4) is 0 Å². The lowest BCUT2D eigenvalue weighted by molar-refractivity contribution is -0.131. The van der Waals surface area contributed by atoms with Crippen molar-refractivity contribution in [3.05, 3.63) is 23.8 Å². The first-order valence-electron chi connectivity index (χ1n) is 8.72. The van der Waals surface area contributed by atoms with Crippen molar-refractivity contribution in [2.45, 2.75) is 12.5 Å². The number of hydrogen-bond donors (Lipinski definition) is 2. The van der Waals surface area contributed by atoms with E-state index < -0.39 is 0 Å². The molecule has 0 unspecified atom stereocenters. The van der Waals surface area contributed by atoms with Gasteiger partial charge in [0.1, 0.15) is 11.5 Å². The van der Waals surface area contributed by atoms with E-state index in [1.165, 1.54) is 0 Å². The van der Waals surface area contributed by atoms with E-state index in [9.17, 15) is 9.59 Å². The van der Waals surface area contributed by atoms with Crippen LogP contribution >= 0.6 is 11.8 Å². The zero-order chi connectivity index (χ0) is 18.5. The fourth-order valence-corrected chi connectivity index (χ4v) is 4.19. The number of amides is 2. The third-order valence-electron chi connectivity index (χ3n) is 4.75. The van der Waals surface area contributed by atoms with Gasteiger partial charge in [0.25, 0.3) is 5.91 Å². The normalized spacial score (nSPS) is 22.3. The molecule has 2 N–H and O–H groups in total. The Balaban J connectivity index is 1.51. The van der Waals surface area contributed by atoms with Crippen LogP contribution < -0.4 is 20.1 Å². The minimum absolute atomic E-state index is 0.132. The standard InChI is InChI=1S/C18H25N3O4S/c1-24-14-6-13(7-15(8-14)25-2)17(22)20-10-12-5-16(19-9-12)18(23)21-3-4-26-11-21/h6-8,12,16,19H,3-5,9-11H2,1-2H3,(H,20,22)/t12-,16-/m0/s1. The van der Waals surface area contributed by atoms with Gasteiger partial charge in [0.05, 0.1) is 26.1 Å². The molecule has 2 heterocycles. The molecule has 26 heavy (non-hydrogen) atoms. The molecule has 1 aromatic rings. The number of carbonyl (C=O) groups is 2. The van der Waals surface area contributed by atoms with Gasteiger partial charge in [-0.15, -0.1) is 11.8 Å². The van der Waals surface area contributed by atoms with E-state index in [0.717, 1.165) is 31.1 Å².